The van der Waals surface area contributed by atoms with Crippen molar-refractivity contribution in [2.45, 2.75) is 32.2 Å². The minimum atomic E-state index is -0.0808. The van der Waals surface area contributed by atoms with Gasteiger partial charge >= 0.3 is 0 Å². The van der Waals surface area contributed by atoms with Crippen molar-refractivity contribution in [2.24, 2.45) is 0 Å². The number of nitrogens with zero attached hydrogens (tertiary/aromatic N) is 1. The molecule has 5 heteroatoms. The average molecular weight is 276 g/mol. The molecule has 0 aliphatic heterocycles. The van der Waals surface area contributed by atoms with Crippen molar-refractivity contribution < 1.29 is 14.6 Å². The Morgan fingerprint density at radius 1 is 1.55 bits per heavy atom. The van der Waals surface area contributed by atoms with Crippen molar-refractivity contribution >= 4 is 5.91 Å². The minimum absolute atomic E-state index is 0.00511. The van der Waals surface area contributed by atoms with E-state index in [2.05, 4.69) is 5.32 Å². The molecule has 1 atom stereocenters. The van der Waals surface area contributed by atoms with Crippen LogP contribution in [-0.4, -0.2) is 30.3 Å². The van der Waals surface area contributed by atoms with E-state index in [4.69, 9.17) is 15.1 Å². The van der Waals surface area contributed by atoms with Crippen LogP contribution < -0.4 is 10.1 Å². The molecule has 0 saturated carbocycles. The Kier molecular flexibility index (Phi) is 7.15. The van der Waals surface area contributed by atoms with Crippen molar-refractivity contribution in [1.29, 1.82) is 5.26 Å². The summed E-state index contributed by atoms with van der Waals surface area (Å²) in [7, 11) is 0. The van der Waals surface area contributed by atoms with Gasteiger partial charge in [0.2, 0.25) is 5.91 Å². The van der Waals surface area contributed by atoms with Crippen LogP contribution in [0.2, 0.25) is 0 Å². The van der Waals surface area contributed by atoms with E-state index in [1.165, 1.54) is 0 Å². The van der Waals surface area contributed by atoms with Gasteiger partial charge < -0.3 is 15.2 Å². The highest BCUT2D eigenvalue weighted by Gasteiger charge is 2.10. The van der Waals surface area contributed by atoms with E-state index in [0.717, 1.165) is 12.0 Å². The zero-order valence-electron chi connectivity index (χ0n) is 11.6. The molecule has 0 aliphatic rings. The molecule has 0 saturated heterocycles. The zero-order valence-corrected chi connectivity index (χ0v) is 11.6. The largest absolute Gasteiger partial charge is 0.479 e. The first-order valence-corrected chi connectivity index (χ1v) is 6.68. The van der Waals surface area contributed by atoms with E-state index in [1.807, 2.05) is 19.1 Å². The van der Waals surface area contributed by atoms with Gasteiger partial charge in [0.05, 0.1) is 6.42 Å². The Balaban J connectivity index is 2.55. The van der Waals surface area contributed by atoms with Gasteiger partial charge in [-0.15, -0.1) is 0 Å². The fourth-order valence-corrected chi connectivity index (χ4v) is 1.86. The summed E-state index contributed by atoms with van der Waals surface area (Å²) in [5, 5.41) is 20.2. The first kappa shape index (κ1) is 16.0. The molecule has 20 heavy (non-hydrogen) atoms. The number of aliphatic hydroxyl groups excluding tert-OH is 1. The number of ether oxygens (including phenoxy) is 1. The lowest BCUT2D eigenvalue weighted by Crippen LogP contribution is -2.36. The summed E-state index contributed by atoms with van der Waals surface area (Å²) in [4.78, 5) is 11.9. The van der Waals surface area contributed by atoms with Crippen molar-refractivity contribution in [3.05, 3.63) is 29.8 Å². The monoisotopic (exact) mass is 276 g/mol. The fourth-order valence-electron chi connectivity index (χ4n) is 1.86. The summed E-state index contributed by atoms with van der Waals surface area (Å²) >= 11 is 0. The topological polar surface area (TPSA) is 82.3 Å². The van der Waals surface area contributed by atoms with Gasteiger partial charge in [0.25, 0.3) is 0 Å². The highest BCUT2D eigenvalue weighted by atomic mass is 16.5. The zero-order chi connectivity index (χ0) is 14.8. The fraction of sp³-hybridized carbons (Fsp3) is 0.467. The molecule has 108 valence electrons. The van der Waals surface area contributed by atoms with E-state index in [1.54, 1.807) is 18.2 Å². The number of hydrogen-bond acceptors (Lipinski definition) is 4. The molecule has 1 unspecified atom stereocenters. The summed E-state index contributed by atoms with van der Waals surface area (Å²) in [6.45, 7) is 2.03. The predicted octanol–water partition coefficient (Wildman–Crippen LogP) is 1.41. The predicted molar refractivity (Wildman–Crippen MR) is 75.2 cm³/mol. The lowest BCUT2D eigenvalue weighted by molar-refractivity contribution is -0.121. The highest BCUT2D eigenvalue weighted by molar-refractivity contribution is 5.78. The third-order valence-electron chi connectivity index (χ3n) is 2.90. The van der Waals surface area contributed by atoms with Crippen LogP contribution in [0, 0.1) is 11.3 Å². The van der Waals surface area contributed by atoms with Gasteiger partial charge in [-0.2, -0.15) is 5.26 Å². The number of carbonyl (C=O) groups excluding carboxylic acids is 1. The van der Waals surface area contributed by atoms with E-state index in [-0.39, 0.29) is 31.6 Å². The van der Waals surface area contributed by atoms with Crippen LogP contribution in [0.3, 0.4) is 0 Å². The number of carbonyl (C=O) groups is 1. The molecular formula is C15H20N2O3. The molecule has 0 bridgehead atoms. The summed E-state index contributed by atoms with van der Waals surface area (Å²) in [6, 6.07) is 9.04. The highest BCUT2D eigenvalue weighted by Crippen LogP contribution is 2.13. The van der Waals surface area contributed by atoms with E-state index in [0.29, 0.717) is 12.2 Å². The molecule has 0 heterocycles. The smallest absolute Gasteiger partial charge is 0.224 e. The lowest BCUT2D eigenvalue weighted by atomic mass is 10.1. The Morgan fingerprint density at radius 2 is 2.35 bits per heavy atom. The van der Waals surface area contributed by atoms with Crippen LogP contribution in [0.25, 0.3) is 0 Å². The third kappa shape index (κ3) is 5.72. The maximum Gasteiger partial charge on any atom is 0.224 e. The number of aliphatic hydroxyl groups is 1. The number of nitrogens with one attached hydrogen (secondary N) is 1. The molecule has 1 amide bonds. The molecule has 0 fully saturated rings. The first-order valence-electron chi connectivity index (χ1n) is 6.68. The van der Waals surface area contributed by atoms with Crippen LogP contribution >= 0.6 is 0 Å². The SMILES string of the molecule is CCC(CCO)NC(=O)Cc1cccc(OCC#N)c1. The Labute approximate surface area is 119 Å². The van der Waals surface area contributed by atoms with Crippen molar-refractivity contribution in [2.75, 3.05) is 13.2 Å². The summed E-state index contributed by atoms with van der Waals surface area (Å²) in [6.07, 6.45) is 1.61. The third-order valence-corrected chi connectivity index (χ3v) is 2.90. The number of nitriles is 1. The molecule has 5 nitrogen and oxygen atoms in total. The second kappa shape index (κ2) is 8.94. The quantitative estimate of drug-likeness (QED) is 0.752. The Bertz CT molecular complexity index is 468. The van der Waals surface area contributed by atoms with Crippen LogP contribution in [0.5, 0.6) is 5.75 Å². The molecule has 0 aromatic heterocycles. The number of hydrogen-bond donors (Lipinski definition) is 2. The summed E-state index contributed by atoms with van der Waals surface area (Å²) in [5.74, 6) is 0.502. The number of amides is 1. The number of benzene rings is 1. The second-order valence-electron chi connectivity index (χ2n) is 4.46. The van der Waals surface area contributed by atoms with Crippen molar-refractivity contribution in [3.8, 4) is 11.8 Å². The van der Waals surface area contributed by atoms with E-state index < -0.39 is 0 Å². The van der Waals surface area contributed by atoms with Gasteiger partial charge in [0, 0.05) is 12.6 Å². The molecule has 0 aliphatic carbocycles. The van der Waals surface area contributed by atoms with Crippen LogP contribution in [-0.2, 0) is 11.2 Å². The molecule has 1 rings (SSSR count). The van der Waals surface area contributed by atoms with Crippen LogP contribution in [0.15, 0.2) is 24.3 Å². The number of rotatable bonds is 8. The summed E-state index contributed by atoms with van der Waals surface area (Å²) in [5.41, 5.74) is 0.830. The van der Waals surface area contributed by atoms with E-state index in [9.17, 15) is 4.79 Å². The second-order valence-corrected chi connectivity index (χ2v) is 4.46. The van der Waals surface area contributed by atoms with Gasteiger partial charge in [-0.1, -0.05) is 19.1 Å². The van der Waals surface area contributed by atoms with Gasteiger partial charge in [0.15, 0.2) is 6.61 Å². The standard InChI is InChI=1S/C15H20N2O3/c1-2-13(6-8-18)17-15(19)11-12-4-3-5-14(10-12)20-9-7-16/h3-5,10,13,18H,2,6,8-9,11H2,1H3,(H,17,19). The van der Waals surface area contributed by atoms with Crippen LogP contribution in [0.1, 0.15) is 25.3 Å². The van der Waals surface area contributed by atoms with E-state index >= 15 is 0 Å². The molecular weight excluding hydrogens is 256 g/mol. The Morgan fingerprint density at radius 3 is 3.00 bits per heavy atom. The van der Waals surface area contributed by atoms with Gasteiger partial charge in [0.1, 0.15) is 11.8 Å². The minimum Gasteiger partial charge on any atom is -0.479 e. The maximum absolute atomic E-state index is 11.9. The molecule has 1 aromatic carbocycles. The van der Waals surface area contributed by atoms with Crippen molar-refractivity contribution in [1.82, 2.24) is 5.32 Å². The first-order chi connectivity index (χ1) is 9.69. The van der Waals surface area contributed by atoms with Gasteiger partial charge in [-0.3, -0.25) is 4.79 Å². The summed E-state index contributed by atoms with van der Waals surface area (Å²) < 4.78 is 5.19. The molecule has 0 spiro atoms. The normalized spacial score (nSPS) is 11.4. The molecule has 2 N–H and O–H groups in total. The molecule has 1 aromatic rings. The maximum atomic E-state index is 11.9. The lowest BCUT2D eigenvalue weighted by Gasteiger charge is -2.15. The van der Waals surface area contributed by atoms with Crippen molar-refractivity contribution in [3.63, 3.8) is 0 Å². The molecule has 0 radical (unpaired) electrons. The van der Waals surface area contributed by atoms with Gasteiger partial charge in [-0.25, -0.2) is 0 Å². The average Bonchev–Trinajstić information content (AvgIpc) is 2.45. The van der Waals surface area contributed by atoms with Crippen LogP contribution in [0.4, 0.5) is 0 Å². The van der Waals surface area contributed by atoms with Gasteiger partial charge in [-0.05, 0) is 30.5 Å². The Hall–Kier alpha value is -2.06.